The van der Waals surface area contributed by atoms with Crippen LogP contribution in [0.5, 0.6) is 5.75 Å². The molecule has 0 radical (unpaired) electrons. The third-order valence-electron chi connectivity index (χ3n) is 2.91. The standard InChI is InChI=1S/C15H16N4OS/c16-9-14(19-18)15(17)12-2-1-3-13(8-12)20-6-4-11-5-7-21-10-11/h1-3,5,7-8,10,19H,4,6,17-18H2/b15-14-. The number of hydrazine groups is 1. The highest BCUT2D eigenvalue weighted by atomic mass is 32.1. The second-order valence-corrected chi connectivity index (χ2v) is 5.08. The summed E-state index contributed by atoms with van der Waals surface area (Å²) in [5.41, 5.74) is 10.6. The molecule has 0 aliphatic carbocycles. The second-order valence-electron chi connectivity index (χ2n) is 4.30. The first-order valence-corrected chi connectivity index (χ1v) is 7.29. The number of nitrogens with one attached hydrogen (secondary N) is 1. The molecule has 0 spiro atoms. The van der Waals surface area contributed by atoms with Gasteiger partial charge in [0.15, 0.2) is 5.70 Å². The maximum atomic E-state index is 8.91. The van der Waals surface area contributed by atoms with Gasteiger partial charge in [-0.3, -0.25) is 0 Å². The Balaban J connectivity index is 2.04. The third kappa shape index (κ3) is 3.99. The van der Waals surface area contributed by atoms with Crippen molar-refractivity contribution in [1.29, 1.82) is 5.26 Å². The zero-order valence-electron chi connectivity index (χ0n) is 11.4. The second kappa shape index (κ2) is 7.33. The lowest BCUT2D eigenvalue weighted by Gasteiger charge is -2.09. The molecule has 0 unspecified atom stereocenters. The molecule has 0 saturated carbocycles. The summed E-state index contributed by atoms with van der Waals surface area (Å²) in [6, 6.07) is 11.3. The van der Waals surface area contributed by atoms with Crippen molar-refractivity contribution in [3.8, 4) is 11.8 Å². The lowest BCUT2D eigenvalue weighted by atomic mass is 10.1. The van der Waals surface area contributed by atoms with Gasteiger partial charge >= 0.3 is 0 Å². The molecule has 21 heavy (non-hydrogen) atoms. The van der Waals surface area contributed by atoms with E-state index < -0.39 is 0 Å². The molecule has 0 aliphatic rings. The van der Waals surface area contributed by atoms with E-state index in [1.807, 2.05) is 23.6 Å². The molecule has 0 amide bonds. The summed E-state index contributed by atoms with van der Waals surface area (Å²) in [5, 5.41) is 13.1. The summed E-state index contributed by atoms with van der Waals surface area (Å²) >= 11 is 1.67. The Labute approximate surface area is 127 Å². The fourth-order valence-corrected chi connectivity index (χ4v) is 2.49. The summed E-state index contributed by atoms with van der Waals surface area (Å²) in [6.07, 6.45) is 0.854. The van der Waals surface area contributed by atoms with E-state index in [4.69, 9.17) is 21.6 Å². The molecular formula is C15H16N4OS. The average Bonchev–Trinajstić information content (AvgIpc) is 3.02. The Morgan fingerprint density at radius 1 is 1.38 bits per heavy atom. The summed E-state index contributed by atoms with van der Waals surface area (Å²) in [4.78, 5) is 0. The van der Waals surface area contributed by atoms with E-state index in [9.17, 15) is 0 Å². The van der Waals surface area contributed by atoms with Gasteiger partial charge in [0.1, 0.15) is 11.8 Å². The van der Waals surface area contributed by atoms with Crippen LogP contribution in [-0.2, 0) is 6.42 Å². The number of allylic oxidation sites excluding steroid dienone is 1. The number of hydrogen-bond donors (Lipinski definition) is 3. The number of ether oxygens (including phenoxy) is 1. The van der Waals surface area contributed by atoms with E-state index in [0.29, 0.717) is 23.6 Å². The molecule has 0 bridgehead atoms. The number of hydrogen-bond acceptors (Lipinski definition) is 6. The average molecular weight is 300 g/mol. The van der Waals surface area contributed by atoms with Crippen LogP contribution < -0.4 is 21.7 Å². The Morgan fingerprint density at radius 3 is 2.90 bits per heavy atom. The van der Waals surface area contributed by atoms with Crippen molar-refractivity contribution in [2.45, 2.75) is 6.42 Å². The number of rotatable bonds is 6. The van der Waals surface area contributed by atoms with Gasteiger partial charge in [-0.15, -0.1) is 0 Å². The first-order valence-electron chi connectivity index (χ1n) is 6.35. The molecule has 1 heterocycles. The lowest BCUT2D eigenvalue weighted by Crippen LogP contribution is -2.23. The Hall–Kier alpha value is -2.49. The number of nitrogens with two attached hydrogens (primary N) is 2. The molecule has 108 valence electrons. The van der Waals surface area contributed by atoms with Gasteiger partial charge in [0.2, 0.25) is 0 Å². The number of nitriles is 1. The van der Waals surface area contributed by atoms with Gasteiger partial charge in [-0.05, 0) is 34.5 Å². The van der Waals surface area contributed by atoms with Gasteiger partial charge in [-0.2, -0.15) is 16.6 Å². The van der Waals surface area contributed by atoms with Crippen LogP contribution in [0, 0.1) is 11.3 Å². The van der Waals surface area contributed by atoms with E-state index in [0.717, 1.165) is 6.42 Å². The molecular weight excluding hydrogens is 284 g/mol. The maximum Gasteiger partial charge on any atom is 0.151 e. The summed E-state index contributed by atoms with van der Waals surface area (Å²) in [7, 11) is 0. The molecule has 0 aliphatic heterocycles. The predicted molar refractivity (Wildman–Crippen MR) is 84.0 cm³/mol. The van der Waals surface area contributed by atoms with Crippen LogP contribution in [-0.4, -0.2) is 6.61 Å². The van der Waals surface area contributed by atoms with Gasteiger partial charge in [-0.25, -0.2) is 5.84 Å². The minimum atomic E-state index is 0.130. The predicted octanol–water partition coefficient (Wildman–Crippen LogP) is 1.98. The van der Waals surface area contributed by atoms with Crippen molar-refractivity contribution in [3.05, 3.63) is 57.9 Å². The van der Waals surface area contributed by atoms with Crippen molar-refractivity contribution in [2.24, 2.45) is 11.6 Å². The molecule has 1 aromatic heterocycles. The SMILES string of the molecule is N#C/C(NN)=C(/N)c1cccc(OCCc2ccsc2)c1. The fraction of sp³-hybridized carbons (Fsp3) is 0.133. The highest BCUT2D eigenvalue weighted by molar-refractivity contribution is 7.07. The van der Waals surface area contributed by atoms with E-state index >= 15 is 0 Å². The topological polar surface area (TPSA) is 97.1 Å². The van der Waals surface area contributed by atoms with Gasteiger partial charge in [0.05, 0.1) is 12.3 Å². The number of nitrogens with zero attached hydrogens (tertiary/aromatic N) is 1. The Kier molecular flexibility index (Phi) is 5.21. The van der Waals surface area contributed by atoms with Crippen LogP contribution in [0.25, 0.3) is 5.70 Å². The van der Waals surface area contributed by atoms with Crippen molar-refractivity contribution in [2.75, 3.05) is 6.61 Å². The molecule has 2 aromatic rings. The minimum absolute atomic E-state index is 0.130. The Bertz CT molecular complexity index is 659. The highest BCUT2D eigenvalue weighted by Gasteiger charge is 2.05. The third-order valence-corrected chi connectivity index (χ3v) is 3.64. The van der Waals surface area contributed by atoms with E-state index in [1.54, 1.807) is 23.5 Å². The largest absolute Gasteiger partial charge is 0.493 e. The van der Waals surface area contributed by atoms with Crippen molar-refractivity contribution in [1.82, 2.24) is 5.43 Å². The number of benzene rings is 1. The van der Waals surface area contributed by atoms with Crippen LogP contribution in [0.4, 0.5) is 0 Å². The molecule has 0 fully saturated rings. The Morgan fingerprint density at radius 2 is 2.24 bits per heavy atom. The first kappa shape index (κ1) is 14.9. The molecule has 0 atom stereocenters. The van der Waals surface area contributed by atoms with Crippen LogP contribution in [0.1, 0.15) is 11.1 Å². The van der Waals surface area contributed by atoms with Crippen LogP contribution in [0.2, 0.25) is 0 Å². The zero-order valence-corrected chi connectivity index (χ0v) is 12.2. The van der Waals surface area contributed by atoms with E-state index in [2.05, 4.69) is 16.9 Å². The smallest absolute Gasteiger partial charge is 0.151 e. The van der Waals surface area contributed by atoms with E-state index in [1.165, 1.54) is 5.56 Å². The van der Waals surface area contributed by atoms with Crippen LogP contribution in [0.3, 0.4) is 0 Å². The van der Waals surface area contributed by atoms with Crippen LogP contribution >= 0.6 is 11.3 Å². The molecule has 0 saturated heterocycles. The molecule has 5 nitrogen and oxygen atoms in total. The molecule has 5 N–H and O–H groups in total. The van der Waals surface area contributed by atoms with Gasteiger partial charge in [0.25, 0.3) is 0 Å². The van der Waals surface area contributed by atoms with Crippen molar-refractivity contribution in [3.63, 3.8) is 0 Å². The van der Waals surface area contributed by atoms with Crippen molar-refractivity contribution >= 4 is 17.0 Å². The maximum absolute atomic E-state index is 8.91. The first-order chi connectivity index (χ1) is 10.2. The quantitative estimate of drug-likeness (QED) is 0.430. The van der Waals surface area contributed by atoms with Crippen LogP contribution in [0.15, 0.2) is 46.8 Å². The van der Waals surface area contributed by atoms with Gasteiger partial charge in [0, 0.05) is 12.0 Å². The molecule has 6 heteroatoms. The lowest BCUT2D eigenvalue weighted by molar-refractivity contribution is 0.322. The normalized spacial score (nSPS) is 11.4. The van der Waals surface area contributed by atoms with Gasteiger partial charge < -0.3 is 15.9 Å². The fourth-order valence-electron chi connectivity index (χ4n) is 1.79. The monoisotopic (exact) mass is 300 g/mol. The molecule has 1 aromatic carbocycles. The summed E-state index contributed by atoms with van der Waals surface area (Å²) in [5.74, 6) is 5.96. The minimum Gasteiger partial charge on any atom is -0.493 e. The zero-order chi connectivity index (χ0) is 15.1. The number of thiophene rings is 1. The van der Waals surface area contributed by atoms with Gasteiger partial charge in [-0.1, -0.05) is 12.1 Å². The summed E-state index contributed by atoms with van der Waals surface area (Å²) < 4.78 is 5.71. The molecule has 2 rings (SSSR count). The van der Waals surface area contributed by atoms with E-state index in [-0.39, 0.29) is 5.70 Å². The van der Waals surface area contributed by atoms with Crippen molar-refractivity contribution < 1.29 is 4.74 Å². The highest BCUT2D eigenvalue weighted by Crippen LogP contribution is 2.19. The summed E-state index contributed by atoms with van der Waals surface area (Å²) in [6.45, 7) is 0.587.